The van der Waals surface area contributed by atoms with Gasteiger partial charge in [0.05, 0.1) is 23.4 Å². The molecule has 5 nitrogen and oxygen atoms in total. The number of ether oxygens (including phenoxy) is 1. The Kier molecular flexibility index (Phi) is 9.12. The van der Waals surface area contributed by atoms with Crippen LogP contribution < -0.4 is 9.33 Å². The normalized spacial score (nSPS) is 12.6. The second-order valence-electron chi connectivity index (χ2n) is 12.1. The molecule has 0 atom stereocenters. The van der Waals surface area contributed by atoms with E-state index in [4.69, 9.17) is 9.16 Å². The molecule has 0 N–H and O–H groups in total. The first-order valence-corrected chi connectivity index (χ1v) is 16.6. The fraction of sp³-hybridized carbons (Fsp3) is 0.433. The number of anilines is 1. The van der Waals surface area contributed by atoms with E-state index in [0.29, 0.717) is 26.8 Å². The van der Waals surface area contributed by atoms with Gasteiger partial charge in [-0.15, -0.1) is 0 Å². The summed E-state index contributed by atoms with van der Waals surface area (Å²) in [5, 5.41) is 0.596. The molecule has 0 radical (unpaired) electrons. The van der Waals surface area contributed by atoms with Crippen molar-refractivity contribution < 1.29 is 27.1 Å². The molecule has 0 saturated heterocycles. The van der Waals surface area contributed by atoms with Crippen molar-refractivity contribution >= 4 is 46.9 Å². The quantitative estimate of drug-likeness (QED) is 0.207. The van der Waals surface area contributed by atoms with Crippen molar-refractivity contribution in [2.75, 3.05) is 11.4 Å². The zero-order valence-corrected chi connectivity index (χ0v) is 26.8. The number of hydrogen-bond acceptors (Lipinski definition) is 3. The van der Waals surface area contributed by atoms with E-state index in [0.717, 1.165) is 4.57 Å². The molecule has 0 aliphatic rings. The Balaban J connectivity index is 2.01. The first-order valence-electron chi connectivity index (χ1n) is 12.9. The van der Waals surface area contributed by atoms with Gasteiger partial charge in [-0.2, -0.15) is 13.2 Å². The van der Waals surface area contributed by atoms with Crippen LogP contribution in [0, 0.1) is 11.8 Å². The summed E-state index contributed by atoms with van der Waals surface area (Å²) in [5.74, 6) is 6.39. The van der Waals surface area contributed by atoms with E-state index < -0.39 is 32.7 Å². The number of alkyl halides is 3. The van der Waals surface area contributed by atoms with Crippen LogP contribution >= 0.6 is 15.9 Å². The van der Waals surface area contributed by atoms with Crippen molar-refractivity contribution in [2.45, 2.75) is 78.0 Å². The molecule has 1 heterocycles. The average Bonchev–Trinajstić information content (AvgIpc) is 3.11. The second kappa shape index (κ2) is 11.5. The van der Waals surface area contributed by atoms with Crippen molar-refractivity contribution in [3.05, 3.63) is 58.7 Å². The van der Waals surface area contributed by atoms with Crippen molar-refractivity contribution in [1.82, 2.24) is 4.57 Å². The van der Waals surface area contributed by atoms with Gasteiger partial charge in [0.25, 0.3) is 0 Å². The molecule has 0 fully saturated rings. The zero-order valence-electron chi connectivity index (χ0n) is 24.2. The highest BCUT2D eigenvalue weighted by Gasteiger charge is 2.39. The predicted molar refractivity (Wildman–Crippen MR) is 160 cm³/mol. The van der Waals surface area contributed by atoms with Gasteiger partial charge < -0.3 is 13.7 Å². The predicted octanol–water partition coefficient (Wildman–Crippen LogP) is 9.14. The number of carbonyl (C=O) groups is 1. The largest absolute Gasteiger partial charge is 0.543 e. The summed E-state index contributed by atoms with van der Waals surface area (Å²) in [7, 11) is -2.15. The minimum atomic E-state index is -4.43. The van der Waals surface area contributed by atoms with Crippen LogP contribution in [0.5, 0.6) is 5.75 Å². The molecule has 0 aliphatic carbocycles. The van der Waals surface area contributed by atoms with Crippen LogP contribution in [-0.4, -0.2) is 37.3 Å². The van der Waals surface area contributed by atoms with Crippen molar-refractivity contribution in [3.63, 3.8) is 0 Å². The standard InChI is InChI=1S/C30H36BrF3N2O3Si/c1-28(2,3)38-27(37)35(21-12-9-14-23(18-21)39-40(7,8)29(4,5)6)17-11-13-22-19-24-25(31)15-10-16-26(24)36(22)20-30(32,33)34/h9-10,12,14-16,18-19H,17,20H2,1-8H3. The minimum absolute atomic E-state index is 0.0246. The Hall–Kier alpha value is -2.90. The first kappa shape index (κ1) is 31.6. The van der Waals surface area contributed by atoms with Gasteiger partial charge in [0.1, 0.15) is 17.9 Å². The summed E-state index contributed by atoms with van der Waals surface area (Å²) >= 11 is 3.41. The van der Waals surface area contributed by atoms with Crippen LogP contribution in [0.4, 0.5) is 23.7 Å². The zero-order chi connectivity index (χ0) is 30.1. The van der Waals surface area contributed by atoms with Gasteiger partial charge in [-0.05, 0) is 75.2 Å². The lowest BCUT2D eigenvalue weighted by Crippen LogP contribution is -2.44. The SMILES string of the molecule is CC(C)(C)OC(=O)N(CC#Cc1cc2c(Br)cccc2n1CC(F)(F)F)c1cccc(O[Si](C)(C)C(C)(C)C)c1. The van der Waals surface area contributed by atoms with Crippen molar-refractivity contribution in [1.29, 1.82) is 0 Å². The van der Waals surface area contributed by atoms with Crippen LogP contribution in [-0.2, 0) is 11.3 Å². The Morgan fingerprint density at radius 3 is 2.27 bits per heavy atom. The maximum absolute atomic E-state index is 13.4. The van der Waals surface area contributed by atoms with Gasteiger partial charge in [0, 0.05) is 15.9 Å². The molecule has 0 spiro atoms. The lowest BCUT2D eigenvalue weighted by atomic mass is 10.2. The summed E-state index contributed by atoms with van der Waals surface area (Å²) in [6.45, 7) is 14.7. The van der Waals surface area contributed by atoms with Crippen LogP contribution in [0.15, 0.2) is 53.0 Å². The molecule has 1 aromatic heterocycles. The van der Waals surface area contributed by atoms with E-state index >= 15 is 0 Å². The van der Waals surface area contributed by atoms with Gasteiger partial charge in [-0.1, -0.05) is 54.8 Å². The van der Waals surface area contributed by atoms with E-state index in [9.17, 15) is 18.0 Å². The number of rotatable bonds is 5. The van der Waals surface area contributed by atoms with E-state index in [1.54, 1.807) is 63.2 Å². The molecular formula is C30H36BrF3N2O3Si. The number of benzene rings is 2. The Labute approximate surface area is 243 Å². The number of hydrogen-bond donors (Lipinski definition) is 0. The average molecular weight is 638 g/mol. The minimum Gasteiger partial charge on any atom is -0.543 e. The Morgan fingerprint density at radius 2 is 1.68 bits per heavy atom. The molecule has 0 unspecified atom stereocenters. The summed E-state index contributed by atoms with van der Waals surface area (Å²) in [6, 6.07) is 13.8. The number of halogens is 4. The maximum atomic E-state index is 13.4. The molecule has 0 saturated carbocycles. The van der Waals surface area contributed by atoms with Gasteiger partial charge in [-0.3, -0.25) is 4.90 Å². The summed E-state index contributed by atoms with van der Waals surface area (Å²) in [4.78, 5) is 14.6. The van der Waals surface area contributed by atoms with Gasteiger partial charge >= 0.3 is 12.3 Å². The first-order chi connectivity index (χ1) is 18.3. The molecule has 3 aromatic rings. The molecular weight excluding hydrogens is 601 g/mol. The lowest BCUT2D eigenvalue weighted by molar-refractivity contribution is -0.140. The molecule has 0 aliphatic heterocycles. The summed E-state index contributed by atoms with van der Waals surface area (Å²) < 4.78 is 54.2. The fourth-order valence-corrected chi connectivity index (χ4v) is 5.14. The van der Waals surface area contributed by atoms with Crippen molar-refractivity contribution in [3.8, 4) is 17.6 Å². The van der Waals surface area contributed by atoms with Crippen LogP contribution in [0.1, 0.15) is 47.2 Å². The number of amides is 1. The van der Waals surface area contributed by atoms with Gasteiger partial charge in [0.15, 0.2) is 0 Å². The van der Waals surface area contributed by atoms with Crippen molar-refractivity contribution in [2.24, 2.45) is 0 Å². The molecule has 3 rings (SSSR count). The third-order valence-electron chi connectivity index (χ3n) is 6.61. The fourth-order valence-electron chi connectivity index (χ4n) is 3.65. The number of fused-ring (bicyclic) bond motifs is 1. The van der Waals surface area contributed by atoms with E-state index in [2.05, 4.69) is 61.6 Å². The molecule has 1 amide bonds. The van der Waals surface area contributed by atoms with Crippen LogP contribution in [0.3, 0.4) is 0 Å². The number of aromatic nitrogens is 1. The van der Waals surface area contributed by atoms with E-state index in [1.165, 1.54) is 4.90 Å². The third-order valence-corrected chi connectivity index (χ3v) is 11.7. The van der Waals surface area contributed by atoms with Gasteiger partial charge in [0.2, 0.25) is 8.32 Å². The lowest BCUT2D eigenvalue weighted by Gasteiger charge is -2.36. The maximum Gasteiger partial charge on any atom is 0.415 e. The third kappa shape index (κ3) is 8.07. The van der Waals surface area contributed by atoms with Crippen LogP contribution in [0.2, 0.25) is 18.1 Å². The Morgan fingerprint density at radius 1 is 1.02 bits per heavy atom. The Bertz CT molecular complexity index is 1440. The van der Waals surface area contributed by atoms with E-state index in [1.807, 2.05) is 6.07 Å². The molecule has 40 heavy (non-hydrogen) atoms. The monoisotopic (exact) mass is 636 g/mol. The molecule has 10 heteroatoms. The number of carbonyl (C=O) groups excluding carboxylic acids is 1. The van der Waals surface area contributed by atoms with Gasteiger partial charge in [-0.25, -0.2) is 4.79 Å². The highest BCUT2D eigenvalue weighted by Crippen LogP contribution is 2.38. The molecule has 0 bridgehead atoms. The summed E-state index contributed by atoms with van der Waals surface area (Å²) in [6.07, 6.45) is -5.05. The second-order valence-corrected chi connectivity index (χ2v) is 17.7. The topological polar surface area (TPSA) is 43.7 Å². The number of nitrogens with zero attached hydrogens (tertiary/aromatic N) is 2. The van der Waals surface area contributed by atoms with Crippen LogP contribution in [0.25, 0.3) is 10.9 Å². The molecule has 2 aromatic carbocycles. The summed E-state index contributed by atoms with van der Waals surface area (Å²) in [5.41, 5.74) is 0.357. The smallest absolute Gasteiger partial charge is 0.415 e. The highest BCUT2D eigenvalue weighted by atomic mass is 79.9. The molecule has 216 valence electrons. The van der Waals surface area contributed by atoms with E-state index in [-0.39, 0.29) is 17.3 Å². The highest BCUT2D eigenvalue weighted by molar-refractivity contribution is 9.10.